The number of fused-ring (bicyclic) bond motifs is 1. The summed E-state index contributed by atoms with van der Waals surface area (Å²) in [5.41, 5.74) is 0.663. The van der Waals surface area contributed by atoms with Crippen LogP contribution in [0.1, 0.15) is 15.9 Å². The summed E-state index contributed by atoms with van der Waals surface area (Å²) in [5.74, 6) is -0.309. The Balaban J connectivity index is 1.78. The van der Waals surface area contributed by atoms with Crippen molar-refractivity contribution in [3.8, 4) is 0 Å². The van der Waals surface area contributed by atoms with Crippen molar-refractivity contribution in [3.63, 3.8) is 0 Å². The summed E-state index contributed by atoms with van der Waals surface area (Å²) in [6.45, 7) is 0.522. The van der Waals surface area contributed by atoms with Crippen LogP contribution in [0.25, 0.3) is 10.9 Å². The van der Waals surface area contributed by atoms with E-state index >= 15 is 0 Å². The Kier molecular flexibility index (Phi) is 6.62. The Morgan fingerprint density at radius 2 is 1.79 bits per heavy atom. The van der Waals surface area contributed by atoms with E-state index in [4.69, 9.17) is 4.74 Å². The number of para-hydroxylation sites is 1. The van der Waals surface area contributed by atoms with Crippen LogP contribution in [0.5, 0.6) is 0 Å². The number of ether oxygens (including phenoxy) is 1. The third-order valence-corrected chi connectivity index (χ3v) is 6.06. The molecule has 166 valence electrons. The number of benzene rings is 3. The van der Waals surface area contributed by atoms with Crippen LogP contribution < -0.4 is 5.56 Å². The number of rotatable bonds is 8. The lowest BCUT2D eigenvalue weighted by Crippen LogP contribution is -2.25. The minimum atomic E-state index is -0.539. The van der Waals surface area contributed by atoms with Crippen LogP contribution >= 0.6 is 11.8 Å². The first kappa shape index (κ1) is 22.4. The zero-order valence-electron chi connectivity index (χ0n) is 17.6. The summed E-state index contributed by atoms with van der Waals surface area (Å²) in [4.78, 5) is 41.9. The third kappa shape index (κ3) is 4.69. The van der Waals surface area contributed by atoms with E-state index in [-0.39, 0.29) is 40.6 Å². The van der Waals surface area contributed by atoms with Crippen molar-refractivity contribution in [2.45, 2.75) is 16.6 Å². The molecular formula is C24H19N3O5S. The predicted molar refractivity (Wildman–Crippen MR) is 125 cm³/mol. The molecule has 1 heterocycles. The normalized spacial score (nSPS) is 10.9. The molecule has 0 spiro atoms. The van der Waals surface area contributed by atoms with Gasteiger partial charge in [-0.15, -0.1) is 0 Å². The van der Waals surface area contributed by atoms with E-state index in [1.54, 1.807) is 60.7 Å². The first-order valence-electron chi connectivity index (χ1n) is 10.0. The lowest BCUT2D eigenvalue weighted by molar-refractivity contribution is -0.387. The average molecular weight is 461 g/mol. The van der Waals surface area contributed by atoms with Crippen LogP contribution in [0.3, 0.4) is 0 Å². The predicted octanol–water partition coefficient (Wildman–Crippen LogP) is 4.33. The van der Waals surface area contributed by atoms with Gasteiger partial charge in [0.15, 0.2) is 10.9 Å². The summed E-state index contributed by atoms with van der Waals surface area (Å²) in [6, 6.07) is 19.8. The van der Waals surface area contributed by atoms with E-state index in [0.717, 1.165) is 11.8 Å². The van der Waals surface area contributed by atoms with E-state index in [1.807, 2.05) is 0 Å². The zero-order chi connectivity index (χ0) is 23.4. The fourth-order valence-electron chi connectivity index (χ4n) is 3.35. The second kappa shape index (κ2) is 9.76. The molecule has 0 aliphatic rings. The Morgan fingerprint density at radius 1 is 1.06 bits per heavy atom. The topological polar surface area (TPSA) is 104 Å². The van der Waals surface area contributed by atoms with Gasteiger partial charge in [0.05, 0.1) is 33.9 Å². The standard InChI is InChI=1S/C24H19N3O5S/c1-32-14-13-26-23(29)18-9-5-6-10-19(18)25-24(26)33-21-12-11-17(15-20(21)27(30)31)22(28)16-7-3-2-4-8-16/h2-12,15H,13-14H2,1H3. The van der Waals surface area contributed by atoms with Crippen molar-refractivity contribution in [1.29, 1.82) is 0 Å². The van der Waals surface area contributed by atoms with Gasteiger partial charge >= 0.3 is 0 Å². The number of hydrogen-bond acceptors (Lipinski definition) is 7. The van der Waals surface area contributed by atoms with Crippen molar-refractivity contribution < 1.29 is 14.5 Å². The second-order valence-electron chi connectivity index (χ2n) is 7.10. The van der Waals surface area contributed by atoms with Gasteiger partial charge in [-0.2, -0.15) is 0 Å². The molecule has 4 aromatic rings. The number of aromatic nitrogens is 2. The van der Waals surface area contributed by atoms with Crippen molar-refractivity contribution in [2.24, 2.45) is 0 Å². The van der Waals surface area contributed by atoms with Crippen molar-refractivity contribution in [2.75, 3.05) is 13.7 Å². The van der Waals surface area contributed by atoms with E-state index in [9.17, 15) is 19.7 Å². The molecule has 8 nitrogen and oxygen atoms in total. The van der Waals surface area contributed by atoms with Gasteiger partial charge in [0.1, 0.15) is 0 Å². The molecule has 4 rings (SSSR count). The molecule has 0 aliphatic heterocycles. The van der Waals surface area contributed by atoms with E-state index in [0.29, 0.717) is 21.6 Å². The SMILES string of the molecule is COCCn1c(Sc2ccc(C(=O)c3ccccc3)cc2[N+](=O)[O-])nc2ccccc2c1=O. The smallest absolute Gasteiger partial charge is 0.284 e. The molecule has 0 bridgehead atoms. The average Bonchev–Trinajstić information content (AvgIpc) is 2.84. The number of nitrogens with zero attached hydrogens (tertiary/aromatic N) is 3. The summed E-state index contributed by atoms with van der Waals surface area (Å²) >= 11 is 1.01. The van der Waals surface area contributed by atoms with Gasteiger partial charge in [0.2, 0.25) is 0 Å². The minimum Gasteiger partial charge on any atom is -0.383 e. The zero-order valence-corrected chi connectivity index (χ0v) is 18.5. The van der Waals surface area contributed by atoms with Crippen LogP contribution in [0, 0.1) is 10.1 Å². The molecule has 0 radical (unpaired) electrons. The summed E-state index contributed by atoms with van der Waals surface area (Å²) < 4.78 is 6.57. The molecule has 0 fully saturated rings. The Hall–Kier alpha value is -3.82. The first-order chi connectivity index (χ1) is 16.0. The molecule has 0 saturated carbocycles. The Labute approximate surface area is 193 Å². The third-order valence-electron chi connectivity index (χ3n) is 5.00. The van der Waals surface area contributed by atoms with Gasteiger partial charge in [0, 0.05) is 24.3 Å². The van der Waals surface area contributed by atoms with Gasteiger partial charge in [-0.25, -0.2) is 4.98 Å². The summed E-state index contributed by atoms with van der Waals surface area (Å²) in [5, 5.41) is 12.6. The lowest BCUT2D eigenvalue weighted by atomic mass is 10.0. The molecule has 0 amide bonds. The highest BCUT2D eigenvalue weighted by Crippen LogP contribution is 2.35. The van der Waals surface area contributed by atoms with E-state index in [2.05, 4.69) is 4.98 Å². The quantitative estimate of drug-likeness (QED) is 0.166. The molecule has 9 heteroatoms. The van der Waals surface area contributed by atoms with Gasteiger partial charge in [-0.1, -0.05) is 42.5 Å². The minimum absolute atomic E-state index is 0.209. The number of ketones is 1. The molecule has 0 saturated heterocycles. The fraction of sp³-hybridized carbons (Fsp3) is 0.125. The van der Waals surface area contributed by atoms with Crippen molar-refractivity contribution in [1.82, 2.24) is 9.55 Å². The van der Waals surface area contributed by atoms with E-state index < -0.39 is 4.92 Å². The first-order valence-corrected chi connectivity index (χ1v) is 10.9. The highest BCUT2D eigenvalue weighted by atomic mass is 32.2. The number of carbonyl (C=O) groups is 1. The van der Waals surface area contributed by atoms with Crippen LogP contribution in [0.15, 0.2) is 87.6 Å². The van der Waals surface area contributed by atoms with Gasteiger partial charge in [-0.3, -0.25) is 24.3 Å². The van der Waals surface area contributed by atoms with Gasteiger partial charge < -0.3 is 4.74 Å². The number of nitro benzene ring substituents is 1. The molecular weight excluding hydrogens is 442 g/mol. The number of hydrogen-bond donors (Lipinski definition) is 0. The molecule has 0 N–H and O–H groups in total. The van der Waals surface area contributed by atoms with Gasteiger partial charge in [-0.05, 0) is 36.0 Å². The van der Waals surface area contributed by atoms with Gasteiger partial charge in [0.25, 0.3) is 11.2 Å². The maximum atomic E-state index is 13.0. The number of carbonyl (C=O) groups excluding carboxylic acids is 1. The van der Waals surface area contributed by atoms with Crippen molar-refractivity contribution in [3.05, 3.63) is 104 Å². The summed E-state index contributed by atoms with van der Waals surface area (Å²) in [6.07, 6.45) is 0. The monoisotopic (exact) mass is 461 g/mol. The second-order valence-corrected chi connectivity index (χ2v) is 8.11. The van der Waals surface area contributed by atoms with Crippen molar-refractivity contribution >= 4 is 34.1 Å². The molecule has 3 aromatic carbocycles. The van der Waals surface area contributed by atoms with E-state index in [1.165, 1.54) is 23.8 Å². The highest BCUT2D eigenvalue weighted by molar-refractivity contribution is 7.99. The summed E-state index contributed by atoms with van der Waals surface area (Å²) in [7, 11) is 1.53. The lowest BCUT2D eigenvalue weighted by Gasteiger charge is -2.13. The van der Waals surface area contributed by atoms with Crippen LogP contribution in [0.2, 0.25) is 0 Å². The Bertz CT molecular complexity index is 1400. The van der Waals surface area contributed by atoms with Crippen LogP contribution in [0.4, 0.5) is 5.69 Å². The number of nitro groups is 1. The maximum Gasteiger partial charge on any atom is 0.284 e. The molecule has 0 atom stereocenters. The number of methoxy groups -OCH3 is 1. The maximum absolute atomic E-state index is 13.0. The van der Waals surface area contributed by atoms with Crippen LogP contribution in [-0.4, -0.2) is 34.0 Å². The molecule has 1 aromatic heterocycles. The molecule has 0 unspecified atom stereocenters. The largest absolute Gasteiger partial charge is 0.383 e. The Morgan fingerprint density at radius 3 is 2.52 bits per heavy atom. The van der Waals surface area contributed by atoms with Crippen LogP contribution in [-0.2, 0) is 11.3 Å². The molecule has 0 aliphatic carbocycles. The molecule has 33 heavy (non-hydrogen) atoms. The fourth-order valence-corrected chi connectivity index (χ4v) is 4.35. The highest BCUT2D eigenvalue weighted by Gasteiger charge is 2.22.